The monoisotopic (exact) mass is 305 g/mol. The third-order valence-electron chi connectivity index (χ3n) is 3.38. The lowest BCUT2D eigenvalue weighted by Gasteiger charge is -1.98. The Morgan fingerprint density at radius 3 is 2.39 bits per heavy atom. The molecule has 1 aromatic heterocycles. The number of aromatic amines is 1. The van der Waals surface area contributed by atoms with Gasteiger partial charge < -0.3 is 15.0 Å². The molecule has 0 radical (unpaired) electrons. The van der Waals surface area contributed by atoms with E-state index in [-0.39, 0.29) is 0 Å². The molecule has 116 valence electrons. The van der Waals surface area contributed by atoms with E-state index in [1.54, 1.807) is 18.2 Å². The Morgan fingerprint density at radius 1 is 0.957 bits per heavy atom. The SMILES string of the molecule is C=C/C=C\C=C/C.OB(O)c1ccc2c(c1)[nH]c1ccccc12. The van der Waals surface area contributed by atoms with E-state index in [0.717, 1.165) is 21.8 Å². The van der Waals surface area contributed by atoms with Crippen LogP contribution in [0, 0.1) is 0 Å². The summed E-state index contributed by atoms with van der Waals surface area (Å²) >= 11 is 0. The number of fused-ring (bicyclic) bond motifs is 3. The van der Waals surface area contributed by atoms with E-state index in [4.69, 9.17) is 10.0 Å². The minimum absolute atomic E-state index is 0.499. The summed E-state index contributed by atoms with van der Waals surface area (Å²) in [5.74, 6) is 0. The third-order valence-corrected chi connectivity index (χ3v) is 3.38. The van der Waals surface area contributed by atoms with Gasteiger partial charge in [0, 0.05) is 21.8 Å². The quantitative estimate of drug-likeness (QED) is 0.513. The van der Waals surface area contributed by atoms with E-state index in [1.807, 2.05) is 61.6 Å². The summed E-state index contributed by atoms with van der Waals surface area (Å²) in [4.78, 5) is 3.25. The molecular formula is C19H20BNO2. The van der Waals surface area contributed by atoms with Crippen molar-refractivity contribution in [1.29, 1.82) is 0 Å². The molecule has 3 aromatic rings. The summed E-state index contributed by atoms with van der Waals surface area (Å²) in [5.41, 5.74) is 2.48. The lowest BCUT2D eigenvalue weighted by molar-refractivity contribution is 0.426. The first kappa shape index (κ1) is 16.8. The first-order valence-corrected chi connectivity index (χ1v) is 7.44. The van der Waals surface area contributed by atoms with Crippen LogP contribution in [0.2, 0.25) is 0 Å². The van der Waals surface area contributed by atoms with Crippen LogP contribution in [0.5, 0.6) is 0 Å². The zero-order valence-corrected chi connectivity index (χ0v) is 13.1. The maximum absolute atomic E-state index is 9.10. The van der Waals surface area contributed by atoms with Crippen molar-refractivity contribution < 1.29 is 10.0 Å². The summed E-state index contributed by atoms with van der Waals surface area (Å²) in [6.07, 6.45) is 9.51. The van der Waals surface area contributed by atoms with Crippen LogP contribution >= 0.6 is 0 Å². The molecule has 0 spiro atoms. The largest absolute Gasteiger partial charge is 0.488 e. The van der Waals surface area contributed by atoms with Gasteiger partial charge in [0.15, 0.2) is 0 Å². The Labute approximate surface area is 136 Å². The molecule has 0 saturated heterocycles. The van der Waals surface area contributed by atoms with Crippen LogP contribution in [0.4, 0.5) is 0 Å². The normalized spacial score (nSPS) is 11.1. The number of allylic oxidation sites excluding steroid dienone is 5. The second kappa shape index (κ2) is 8.18. The van der Waals surface area contributed by atoms with Gasteiger partial charge in [0.1, 0.15) is 0 Å². The second-order valence-electron chi connectivity index (χ2n) is 5.00. The molecule has 0 aliphatic carbocycles. The minimum atomic E-state index is -1.42. The highest BCUT2D eigenvalue weighted by molar-refractivity contribution is 6.59. The molecule has 3 N–H and O–H groups in total. The highest BCUT2D eigenvalue weighted by Crippen LogP contribution is 2.23. The summed E-state index contributed by atoms with van der Waals surface area (Å²) in [7, 11) is -1.42. The highest BCUT2D eigenvalue weighted by Gasteiger charge is 2.12. The van der Waals surface area contributed by atoms with E-state index in [2.05, 4.69) is 11.6 Å². The molecular weight excluding hydrogens is 285 g/mol. The fraction of sp³-hybridized carbons (Fsp3) is 0.0526. The number of benzene rings is 2. The molecule has 3 rings (SSSR count). The summed E-state index contributed by atoms with van der Waals surface area (Å²) < 4.78 is 0. The standard InChI is InChI=1S/C12H10BNO2.C7H10/c15-13(16)8-5-6-10-9-3-1-2-4-11(9)14-12(10)7-8;1-3-5-7-6-4-2/h1-7,14-16H;3-7H,1H2,2H3/b;6-4-,7-5-. The molecule has 1 heterocycles. The molecule has 3 nitrogen and oxygen atoms in total. The molecule has 0 aliphatic heterocycles. The van der Waals surface area contributed by atoms with Gasteiger partial charge in [-0.2, -0.15) is 0 Å². The van der Waals surface area contributed by atoms with Crippen LogP contribution in [0.25, 0.3) is 21.8 Å². The third kappa shape index (κ3) is 4.22. The van der Waals surface area contributed by atoms with Crippen molar-refractivity contribution in [3.63, 3.8) is 0 Å². The van der Waals surface area contributed by atoms with Crippen LogP contribution in [-0.2, 0) is 0 Å². The van der Waals surface area contributed by atoms with Gasteiger partial charge in [0.05, 0.1) is 0 Å². The fourth-order valence-corrected chi connectivity index (χ4v) is 2.29. The van der Waals surface area contributed by atoms with Gasteiger partial charge in [-0.15, -0.1) is 0 Å². The van der Waals surface area contributed by atoms with E-state index >= 15 is 0 Å². The molecule has 2 aromatic carbocycles. The Balaban J connectivity index is 0.000000236. The number of rotatable bonds is 3. The molecule has 23 heavy (non-hydrogen) atoms. The molecule has 0 atom stereocenters. The number of hydrogen-bond acceptors (Lipinski definition) is 2. The van der Waals surface area contributed by atoms with Gasteiger partial charge in [-0.1, -0.05) is 67.3 Å². The van der Waals surface area contributed by atoms with Crippen LogP contribution in [0.15, 0.2) is 79.4 Å². The summed E-state index contributed by atoms with van der Waals surface area (Å²) in [5, 5.41) is 20.4. The van der Waals surface area contributed by atoms with Crippen LogP contribution in [0.3, 0.4) is 0 Å². The number of aromatic nitrogens is 1. The van der Waals surface area contributed by atoms with E-state index < -0.39 is 7.12 Å². The molecule has 0 bridgehead atoms. The molecule has 0 aliphatic rings. The average Bonchev–Trinajstić information content (AvgIpc) is 2.93. The van der Waals surface area contributed by atoms with E-state index in [9.17, 15) is 0 Å². The van der Waals surface area contributed by atoms with Gasteiger partial charge in [0.25, 0.3) is 0 Å². The number of para-hydroxylation sites is 1. The first-order chi connectivity index (χ1) is 11.2. The maximum Gasteiger partial charge on any atom is 0.488 e. The number of H-pyrrole nitrogens is 1. The number of nitrogens with one attached hydrogen (secondary N) is 1. The van der Waals surface area contributed by atoms with Gasteiger partial charge in [0.2, 0.25) is 0 Å². The lowest BCUT2D eigenvalue weighted by Crippen LogP contribution is -2.29. The van der Waals surface area contributed by atoms with Crippen molar-refractivity contribution >= 4 is 34.4 Å². The van der Waals surface area contributed by atoms with Crippen molar-refractivity contribution in [1.82, 2.24) is 4.98 Å². The second-order valence-corrected chi connectivity index (χ2v) is 5.00. The zero-order valence-electron chi connectivity index (χ0n) is 13.1. The van der Waals surface area contributed by atoms with Crippen LogP contribution in [0.1, 0.15) is 6.92 Å². The smallest absolute Gasteiger partial charge is 0.423 e. The average molecular weight is 305 g/mol. The predicted molar refractivity (Wildman–Crippen MR) is 99.8 cm³/mol. The number of hydrogen-bond donors (Lipinski definition) is 3. The molecule has 0 fully saturated rings. The Bertz CT molecular complexity index is 847. The Kier molecular flexibility index (Phi) is 5.98. The van der Waals surface area contributed by atoms with Crippen molar-refractivity contribution in [2.24, 2.45) is 0 Å². The summed E-state index contributed by atoms with van der Waals surface area (Å²) in [6, 6.07) is 13.4. The topological polar surface area (TPSA) is 56.2 Å². The van der Waals surface area contributed by atoms with Gasteiger partial charge in [-0.3, -0.25) is 0 Å². The molecule has 0 unspecified atom stereocenters. The minimum Gasteiger partial charge on any atom is -0.423 e. The van der Waals surface area contributed by atoms with Crippen LogP contribution < -0.4 is 5.46 Å². The molecule has 0 saturated carbocycles. The summed E-state index contributed by atoms with van der Waals surface area (Å²) in [6.45, 7) is 5.49. The van der Waals surface area contributed by atoms with Crippen LogP contribution in [-0.4, -0.2) is 22.2 Å². The van der Waals surface area contributed by atoms with Crippen molar-refractivity contribution in [2.45, 2.75) is 6.92 Å². The lowest BCUT2D eigenvalue weighted by atomic mass is 9.80. The molecule has 4 heteroatoms. The Morgan fingerprint density at radius 2 is 1.70 bits per heavy atom. The predicted octanol–water partition coefficient (Wildman–Crippen LogP) is 3.31. The molecule has 0 amide bonds. The van der Waals surface area contributed by atoms with E-state index in [0.29, 0.717) is 5.46 Å². The van der Waals surface area contributed by atoms with Gasteiger partial charge in [-0.25, -0.2) is 0 Å². The maximum atomic E-state index is 9.10. The van der Waals surface area contributed by atoms with E-state index in [1.165, 1.54) is 0 Å². The van der Waals surface area contributed by atoms with Crippen molar-refractivity contribution in [2.75, 3.05) is 0 Å². The fourth-order valence-electron chi connectivity index (χ4n) is 2.29. The van der Waals surface area contributed by atoms with Gasteiger partial charge in [-0.05, 0) is 24.5 Å². The first-order valence-electron chi connectivity index (χ1n) is 7.44. The Hall–Kier alpha value is -2.56. The highest BCUT2D eigenvalue weighted by atomic mass is 16.4. The van der Waals surface area contributed by atoms with Crippen molar-refractivity contribution in [3.8, 4) is 0 Å². The zero-order chi connectivity index (χ0) is 16.7. The van der Waals surface area contributed by atoms with Gasteiger partial charge >= 0.3 is 7.12 Å². The van der Waals surface area contributed by atoms with Crippen molar-refractivity contribution in [3.05, 3.63) is 79.4 Å².